The van der Waals surface area contributed by atoms with Crippen molar-refractivity contribution in [3.63, 3.8) is 0 Å². The van der Waals surface area contributed by atoms with Crippen molar-refractivity contribution in [2.45, 2.75) is 59.4 Å². The number of nitrogens with zero attached hydrogens (tertiary/aromatic N) is 1. The molecule has 1 aliphatic rings. The minimum Gasteiger partial charge on any atom is -0.299 e. The summed E-state index contributed by atoms with van der Waals surface area (Å²) < 4.78 is 0. The van der Waals surface area contributed by atoms with Gasteiger partial charge in [0.05, 0.1) is 17.2 Å². The Morgan fingerprint density at radius 2 is 1.72 bits per heavy atom. The maximum atomic E-state index is 12.7. The fourth-order valence-corrected chi connectivity index (χ4v) is 3.29. The summed E-state index contributed by atoms with van der Waals surface area (Å²) in [5, 5.41) is 0. The second-order valence-electron chi connectivity index (χ2n) is 6.85. The highest BCUT2D eigenvalue weighted by Crippen LogP contribution is 2.27. The number of carbonyl (C=O) groups excluding carboxylic acids is 4. The molecule has 2 amide bonds. The molecule has 0 spiro atoms. The molecule has 2 unspecified atom stereocenters. The molecule has 0 bridgehead atoms. The Morgan fingerprint density at radius 1 is 1.08 bits per heavy atom. The lowest BCUT2D eigenvalue weighted by Crippen LogP contribution is -2.44. The average Bonchev–Trinajstić information content (AvgIpc) is 2.79. The first kappa shape index (κ1) is 19.0. The van der Waals surface area contributed by atoms with Crippen LogP contribution in [0, 0.1) is 12.8 Å². The van der Waals surface area contributed by atoms with Crippen molar-refractivity contribution in [3.8, 4) is 0 Å². The lowest BCUT2D eigenvalue weighted by Gasteiger charge is -2.24. The van der Waals surface area contributed by atoms with Crippen LogP contribution in [0.4, 0.5) is 0 Å². The second kappa shape index (κ2) is 7.72. The normalized spacial score (nSPS) is 15.9. The molecule has 2 atom stereocenters. The number of rotatable bonds is 8. The van der Waals surface area contributed by atoms with Crippen LogP contribution in [0.3, 0.4) is 0 Å². The van der Waals surface area contributed by atoms with Crippen molar-refractivity contribution in [2.75, 3.05) is 0 Å². The van der Waals surface area contributed by atoms with E-state index in [1.54, 1.807) is 18.2 Å². The third kappa shape index (κ3) is 3.86. The van der Waals surface area contributed by atoms with Crippen LogP contribution in [0.25, 0.3) is 0 Å². The maximum absolute atomic E-state index is 12.7. The number of aryl methyl sites for hydroxylation is 1. The Bertz CT molecular complexity index is 722. The van der Waals surface area contributed by atoms with Gasteiger partial charge in [-0.3, -0.25) is 24.1 Å². The van der Waals surface area contributed by atoms with Crippen LogP contribution in [0.2, 0.25) is 0 Å². The van der Waals surface area contributed by atoms with Gasteiger partial charge in [-0.15, -0.1) is 0 Å². The number of hydrogen-bond acceptors (Lipinski definition) is 4. The Labute approximate surface area is 148 Å². The van der Waals surface area contributed by atoms with Gasteiger partial charge in [0.2, 0.25) is 0 Å². The van der Waals surface area contributed by atoms with E-state index in [2.05, 4.69) is 0 Å². The van der Waals surface area contributed by atoms with Crippen LogP contribution in [-0.2, 0) is 9.59 Å². The van der Waals surface area contributed by atoms with Crippen LogP contribution in [0.5, 0.6) is 0 Å². The Kier molecular flexibility index (Phi) is 5.88. The SMILES string of the molecule is CCCC(C)C(=O)CCC(C(C)=O)N1C(=O)c2ccc(C)cc2C1=O. The van der Waals surface area contributed by atoms with Crippen molar-refractivity contribution in [1.29, 1.82) is 0 Å². The predicted octanol–water partition coefficient (Wildman–Crippen LogP) is 3.33. The van der Waals surface area contributed by atoms with Crippen molar-refractivity contribution >= 4 is 23.4 Å². The summed E-state index contributed by atoms with van der Waals surface area (Å²) in [5.74, 6) is -1.17. The minimum absolute atomic E-state index is 0.0672. The van der Waals surface area contributed by atoms with E-state index in [9.17, 15) is 19.2 Å². The molecular formula is C20H25NO4. The van der Waals surface area contributed by atoms with Crippen LogP contribution in [-0.4, -0.2) is 34.3 Å². The molecule has 1 aromatic rings. The summed E-state index contributed by atoms with van der Waals surface area (Å²) in [6.45, 7) is 7.10. The molecule has 0 radical (unpaired) electrons. The number of amides is 2. The lowest BCUT2D eigenvalue weighted by atomic mass is 9.94. The zero-order chi connectivity index (χ0) is 18.7. The highest BCUT2D eigenvalue weighted by molar-refractivity contribution is 6.23. The molecule has 0 saturated carbocycles. The minimum atomic E-state index is -0.884. The van der Waals surface area contributed by atoms with Crippen LogP contribution >= 0.6 is 0 Å². The molecular weight excluding hydrogens is 318 g/mol. The van der Waals surface area contributed by atoms with E-state index in [1.807, 2.05) is 20.8 Å². The lowest BCUT2D eigenvalue weighted by molar-refractivity contribution is -0.124. The Balaban J connectivity index is 2.19. The predicted molar refractivity (Wildman–Crippen MR) is 94.5 cm³/mol. The van der Waals surface area contributed by atoms with Gasteiger partial charge < -0.3 is 0 Å². The first-order valence-electron chi connectivity index (χ1n) is 8.79. The number of fused-ring (bicyclic) bond motifs is 1. The number of imide groups is 1. The summed E-state index contributed by atoms with van der Waals surface area (Å²) in [7, 11) is 0. The third-order valence-electron chi connectivity index (χ3n) is 4.79. The monoisotopic (exact) mass is 343 g/mol. The topological polar surface area (TPSA) is 71.5 Å². The number of carbonyl (C=O) groups is 4. The quantitative estimate of drug-likeness (QED) is 0.679. The van der Waals surface area contributed by atoms with Crippen molar-refractivity contribution < 1.29 is 19.2 Å². The molecule has 0 fully saturated rings. The molecule has 0 saturated heterocycles. The van der Waals surface area contributed by atoms with Crippen molar-refractivity contribution in [2.24, 2.45) is 5.92 Å². The van der Waals surface area contributed by atoms with Gasteiger partial charge in [0.1, 0.15) is 5.78 Å². The number of hydrogen-bond donors (Lipinski definition) is 0. The summed E-state index contributed by atoms with van der Waals surface area (Å²) in [6.07, 6.45) is 2.10. The van der Waals surface area contributed by atoms with Gasteiger partial charge >= 0.3 is 0 Å². The molecule has 1 aromatic carbocycles. The molecule has 0 N–H and O–H groups in total. The molecule has 134 valence electrons. The molecule has 1 aliphatic heterocycles. The van der Waals surface area contributed by atoms with Crippen molar-refractivity contribution in [1.82, 2.24) is 4.90 Å². The molecule has 2 rings (SSSR count). The van der Waals surface area contributed by atoms with Gasteiger partial charge in [-0.2, -0.15) is 0 Å². The van der Waals surface area contributed by atoms with Crippen LogP contribution in [0.1, 0.15) is 72.7 Å². The molecule has 0 aliphatic carbocycles. The standard InChI is InChI=1S/C20H25NO4/c1-5-6-13(3)18(23)10-9-17(14(4)22)21-19(24)15-8-7-12(2)11-16(15)20(21)25/h7-8,11,13,17H,5-6,9-10H2,1-4H3. The number of benzene rings is 1. The Hall–Kier alpha value is -2.30. The van der Waals surface area contributed by atoms with E-state index in [1.165, 1.54) is 6.92 Å². The number of Topliss-reactive ketones (excluding diaryl/α,β-unsaturated/α-hetero) is 2. The van der Waals surface area contributed by atoms with E-state index < -0.39 is 17.9 Å². The van der Waals surface area contributed by atoms with E-state index in [0.717, 1.165) is 23.3 Å². The maximum Gasteiger partial charge on any atom is 0.262 e. The highest BCUT2D eigenvalue weighted by Gasteiger charge is 2.41. The van der Waals surface area contributed by atoms with Gasteiger partial charge in [-0.1, -0.05) is 31.9 Å². The van der Waals surface area contributed by atoms with E-state index in [4.69, 9.17) is 0 Å². The molecule has 5 nitrogen and oxygen atoms in total. The summed E-state index contributed by atoms with van der Waals surface area (Å²) in [6, 6.07) is 4.18. The van der Waals surface area contributed by atoms with E-state index in [0.29, 0.717) is 11.1 Å². The summed E-state index contributed by atoms with van der Waals surface area (Å²) >= 11 is 0. The summed E-state index contributed by atoms with van der Waals surface area (Å²) in [4.78, 5) is 50.6. The van der Waals surface area contributed by atoms with Gasteiger partial charge in [-0.05, 0) is 38.8 Å². The first-order chi connectivity index (χ1) is 11.8. The average molecular weight is 343 g/mol. The van der Waals surface area contributed by atoms with Gasteiger partial charge in [0, 0.05) is 12.3 Å². The summed E-state index contributed by atoms with van der Waals surface area (Å²) in [5.41, 5.74) is 1.54. The molecule has 1 heterocycles. The smallest absolute Gasteiger partial charge is 0.262 e. The highest BCUT2D eigenvalue weighted by atomic mass is 16.2. The van der Waals surface area contributed by atoms with Crippen LogP contribution < -0.4 is 0 Å². The fraction of sp³-hybridized carbons (Fsp3) is 0.500. The van der Waals surface area contributed by atoms with E-state index >= 15 is 0 Å². The number of ketones is 2. The van der Waals surface area contributed by atoms with Gasteiger partial charge in [0.15, 0.2) is 5.78 Å². The first-order valence-corrected chi connectivity index (χ1v) is 8.79. The van der Waals surface area contributed by atoms with Gasteiger partial charge in [-0.25, -0.2) is 0 Å². The fourth-order valence-electron chi connectivity index (χ4n) is 3.29. The second-order valence-corrected chi connectivity index (χ2v) is 6.85. The van der Waals surface area contributed by atoms with Gasteiger partial charge in [0.25, 0.3) is 11.8 Å². The van der Waals surface area contributed by atoms with Crippen molar-refractivity contribution in [3.05, 3.63) is 34.9 Å². The molecule has 0 aromatic heterocycles. The third-order valence-corrected chi connectivity index (χ3v) is 4.79. The van der Waals surface area contributed by atoms with Crippen LogP contribution in [0.15, 0.2) is 18.2 Å². The van der Waals surface area contributed by atoms with E-state index in [-0.39, 0.29) is 30.3 Å². The Morgan fingerprint density at radius 3 is 2.32 bits per heavy atom. The zero-order valence-corrected chi connectivity index (χ0v) is 15.3. The zero-order valence-electron chi connectivity index (χ0n) is 15.3. The molecule has 5 heteroatoms. The molecule has 25 heavy (non-hydrogen) atoms. The largest absolute Gasteiger partial charge is 0.299 e.